The van der Waals surface area contributed by atoms with E-state index in [2.05, 4.69) is 22.8 Å². The third-order valence-corrected chi connectivity index (χ3v) is 4.71. The van der Waals surface area contributed by atoms with Gasteiger partial charge in [-0.1, -0.05) is 36.4 Å². The molecule has 0 bridgehead atoms. The number of benzene rings is 2. The Balaban J connectivity index is 1.60. The topological polar surface area (TPSA) is 76.7 Å². The predicted octanol–water partition coefficient (Wildman–Crippen LogP) is 1.93. The third kappa shape index (κ3) is 3.70. The number of amides is 2. The quantitative estimate of drug-likeness (QED) is 0.805. The molecule has 6 nitrogen and oxygen atoms in total. The van der Waals surface area contributed by atoms with Gasteiger partial charge in [0.1, 0.15) is 5.75 Å². The van der Waals surface area contributed by atoms with E-state index in [1.807, 2.05) is 12.1 Å². The van der Waals surface area contributed by atoms with Crippen LogP contribution in [0.4, 0.5) is 5.69 Å². The molecule has 0 fully saturated rings. The maximum atomic E-state index is 12.2. The van der Waals surface area contributed by atoms with Gasteiger partial charge in [0.25, 0.3) is 0 Å². The Kier molecular flexibility index (Phi) is 5.23. The summed E-state index contributed by atoms with van der Waals surface area (Å²) in [5.41, 5.74) is 2.35. The number of para-hydroxylation sites is 2. The third-order valence-electron chi connectivity index (χ3n) is 4.71. The standard InChI is InChI=1S/C20H22N2O4/c1-25-17-10-6-5-9-16(17)22-19(24)18(23)21-13-20(26-2)11-14-7-3-4-8-15(14)12-20/h3-10H,11-13H2,1-2H3,(H,21,23)(H,22,24). The first-order valence-corrected chi connectivity index (χ1v) is 8.41. The predicted molar refractivity (Wildman–Crippen MR) is 98.2 cm³/mol. The Morgan fingerprint density at radius 2 is 1.58 bits per heavy atom. The first kappa shape index (κ1) is 17.9. The molecule has 3 rings (SSSR count). The van der Waals surface area contributed by atoms with Gasteiger partial charge in [0, 0.05) is 26.5 Å². The van der Waals surface area contributed by atoms with Crippen molar-refractivity contribution in [3.05, 3.63) is 59.7 Å². The molecule has 6 heteroatoms. The molecule has 0 aliphatic heterocycles. The second kappa shape index (κ2) is 7.58. The lowest BCUT2D eigenvalue weighted by molar-refractivity contribution is -0.137. The summed E-state index contributed by atoms with van der Waals surface area (Å²) < 4.78 is 10.9. The molecule has 0 heterocycles. The Labute approximate surface area is 152 Å². The van der Waals surface area contributed by atoms with E-state index < -0.39 is 17.4 Å². The summed E-state index contributed by atoms with van der Waals surface area (Å²) in [7, 11) is 3.14. The Morgan fingerprint density at radius 1 is 0.962 bits per heavy atom. The van der Waals surface area contributed by atoms with Crippen LogP contribution in [0.5, 0.6) is 5.75 Å². The van der Waals surface area contributed by atoms with Crippen LogP contribution in [0.1, 0.15) is 11.1 Å². The summed E-state index contributed by atoms with van der Waals surface area (Å²) in [6, 6.07) is 15.0. The van der Waals surface area contributed by atoms with Gasteiger partial charge < -0.3 is 20.1 Å². The highest BCUT2D eigenvalue weighted by Gasteiger charge is 2.38. The molecule has 26 heavy (non-hydrogen) atoms. The summed E-state index contributed by atoms with van der Waals surface area (Å²) in [5, 5.41) is 5.26. The number of hydrogen-bond acceptors (Lipinski definition) is 4. The molecule has 2 aromatic rings. The molecule has 136 valence electrons. The van der Waals surface area contributed by atoms with Crippen LogP contribution in [-0.4, -0.2) is 38.2 Å². The van der Waals surface area contributed by atoms with Gasteiger partial charge in [-0.2, -0.15) is 0 Å². The summed E-state index contributed by atoms with van der Waals surface area (Å²) >= 11 is 0. The molecular weight excluding hydrogens is 332 g/mol. The summed E-state index contributed by atoms with van der Waals surface area (Å²) in [6.07, 6.45) is 1.40. The highest BCUT2D eigenvalue weighted by molar-refractivity contribution is 6.39. The molecule has 2 aromatic carbocycles. The SMILES string of the molecule is COc1ccccc1NC(=O)C(=O)NCC1(OC)Cc2ccccc2C1. The van der Waals surface area contributed by atoms with Gasteiger partial charge >= 0.3 is 11.8 Å². The summed E-state index contributed by atoms with van der Waals surface area (Å²) in [5.74, 6) is -0.951. The summed E-state index contributed by atoms with van der Waals surface area (Å²) in [4.78, 5) is 24.4. The monoisotopic (exact) mass is 354 g/mol. The van der Waals surface area contributed by atoms with Gasteiger partial charge in [-0.25, -0.2) is 0 Å². The van der Waals surface area contributed by atoms with Crippen LogP contribution in [0, 0.1) is 0 Å². The Morgan fingerprint density at radius 3 is 2.19 bits per heavy atom. The van der Waals surface area contributed by atoms with E-state index in [1.54, 1.807) is 31.4 Å². The highest BCUT2D eigenvalue weighted by Crippen LogP contribution is 2.32. The minimum atomic E-state index is -0.740. The molecule has 0 unspecified atom stereocenters. The van der Waals surface area contributed by atoms with Crippen LogP contribution in [0.3, 0.4) is 0 Å². The van der Waals surface area contributed by atoms with E-state index in [0.29, 0.717) is 24.3 Å². The molecule has 0 saturated heterocycles. The fourth-order valence-corrected chi connectivity index (χ4v) is 3.25. The zero-order valence-corrected chi connectivity index (χ0v) is 14.9. The lowest BCUT2D eigenvalue weighted by Gasteiger charge is -2.27. The number of rotatable bonds is 5. The average Bonchev–Trinajstić information content (AvgIpc) is 3.05. The van der Waals surface area contributed by atoms with Crippen molar-refractivity contribution in [3.8, 4) is 5.75 Å². The van der Waals surface area contributed by atoms with Crippen molar-refractivity contribution in [1.29, 1.82) is 0 Å². The van der Waals surface area contributed by atoms with Crippen LogP contribution in [-0.2, 0) is 27.2 Å². The van der Waals surface area contributed by atoms with Crippen molar-refractivity contribution >= 4 is 17.5 Å². The Hall–Kier alpha value is -2.86. The number of hydrogen-bond donors (Lipinski definition) is 2. The number of carbonyl (C=O) groups excluding carboxylic acids is 2. The van der Waals surface area contributed by atoms with E-state index in [0.717, 1.165) is 0 Å². The van der Waals surface area contributed by atoms with Gasteiger partial charge in [0.05, 0.1) is 18.4 Å². The lowest BCUT2D eigenvalue weighted by Crippen LogP contribution is -2.48. The number of anilines is 1. The molecule has 1 aliphatic carbocycles. The van der Waals surface area contributed by atoms with E-state index in [9.17, 15) is 9.59 Å². The molecule has 2 N–H and O–H groups in total. The number of methoxy groups -OCH3 is 2. The smallest absolute Gasteiger partial charge is 0.313 e. The normalized spacial score (nSPS) is 14.4. The molecule has 0 spiro atoms. The van der Waals surface area contributed by atoms with Crippen LogP contribution >= 0.6 is 0 Å². The molecule has 0 radical (unpaired) electrons. The van der Waals surface area contributed by atoms with Crippen molar-refractivity contribution in [3.63, 3.8) is 0 Å². The molecule has 0 atom stereocenters. The average molecular weight is 354 g/mol. The zero-order chi connectivity index (χ0) is 18.6. The van der Waals surface area contributed by atoms with Crippen molar-refractivity contribution in [2.45, 2.75) is 18.4 Å². The fourth-order valence-electron chi connectivity index (χ4n) is 3.25. The first-order chi connectivity index (χ1) is 12.6. The molecule has 2 amide bonds. The van der Waals surface area contributed by atoms with E-state index >= 15 is 0 Å². The summed E-state index contributed by atoms with van der Waals surface area (Å²) in [6.45, 7) is 0.260. The zero-order valence-electron chi connectivity index (χ0n) is 14.9. The van der Waals surface area contributed by atoms with Gasteiger partial charge in [0.15, 0.2) is 0 Å². The molecule has 0 saturated carbocycles. The van der Waals surface area contributed by atoms with E-state index in [1.165, 1.54) is 18.2 Å². The molecule has 1 aliphatic rings. The van der Waals surface area contributed by atoms with Crippen molar-refractivity contribution < 1.29 is 19.1 Å². The largest absolute Gasteiger partial charge is 0.495 e. The minimum Gasteiger partial charge on any atom is -0.495 e. The number of fused-ring (bicyclic) bond motifs is 1. The second-order valence-electron chi connectivity index (χ2n) is 6.35. The number of carbonyl (C=O) groups is 2. The molecule has 0 aromatic heterocycles. The minimum absolute atomic E-state index is 0.260. The van der Waals surface area contributed by atoms with Crippen LogP contribution in [0.15, 0.2) is 48.5 Å². The number of nitrogens with one attached hydrogen (secondary N) is 2. The van der Waals surface area contributed by atoms with E-state index in [-0.39, 0.29) is 6.54 Å². The first-order valence-electron chi connectivity index (χ1n) is 8.41. The van der Waals surface area contributed by atoms with Crippen molar-refractivity contribution in [1.82, 2.24) is 5.32 Å². The van der Waals surface area contributed by atoms with Crippen LogP contribution in [0.25, 0.3) is 0 Å². The van der Waals surface area contributed by atoms with Gasteiger partial charge in [-0.3, -0.25) is 9.59 Å². The van der Waals surface area contributed by atoms with Crippen molar-refractivity contribution in [2.75, 3.05) is 26.1 Å². The fraction of sp³-hybridized carbons (Fsp3) is 0.300. The van der Waals surface area contributed by atoms with Crippen LogP contribution in [0.2, 0.25) is 0 Å². The van der Waals surface area contributed by atoms with Gasteiger partial charge in [0.2, 0.25) is 0 Å². The second-order valence-corrected chi connectivity index (χ2v) is 6.35. The van der Waals surface area contributed by atoms with Crippen LogP contribution < -0.4 is 15.4 Å². The number of ether oxygens (including phenoxy) is 2. The lowest BCUT2D eigenvalue weighted by atomic mass is 10.00. The maximum absolute atomic E-state index is 12.2. The van der Waals surface area contributed by atoms with Crippen molar-refractivity contribution in [2.24, 2.45) is 0 Å². The van der Waals surface area contributed by atoms with Gasteiger partial charge in [-0.05, 0) is 23.3 Å². The van der Waals surface area contributed by atoms with E-state index in [4.69, 9.17) is 9.47 Å². The Bertz CT molecular complexity index is 794. The maximum Gasteiger partial charge on any atom is 0.313 e. The van der Waals surface area contributed by atoms with Gasteiger partial charge in [-0.15, -0.1) is 0 Å². The highest BCUT2D eigenvalue weighted by atomic mass is 16.5. The molecular formula is C20H22N2O4.